The van der Waals surface area contributed by atoms with Crippen molar-refractivity contribution in [1.29, 1.82) is 0 Å². The second-order valence-corrected chi connectivity index (χ2v) is 3.82. The fourth-order valence-electron chi connectivity index (χ4n) is 1.33. The normalized spacial score (nSPS) is 9.09. The van der Waals surface area contributed by atoms with E-state index in [4.69, 9.17) is 9.90 Å². The first-order valence-corrected chi connectivity index (χ1v) is 8.48. The Balaban J connectivity index is -0.0000000611. The molecule has 23 heavy (non-hydrogen) atoms. The third-order valence-corrected chi connectivity index (χ3v) is 2.35. The molecule has 0 spiro atoms. The van der Waals surface area contributed by atoms with Gasteiger partial charge < -0.3 is 20.4 Å². The third-order valence-electron chi connectivity index (χ3n) is 2.35. The molecule has 0 aliphatic heterocycles. The van der Waals surface area contributed by atoms with E-state index < -0.39 is 0 Å². The largest absolute Gasteiger partial charge is 0.400 e. The SMILES string of the molecule is C=C.C=O.CC.CC.CCCC(CCN(O)C(C)C)NC.CO. The summed E-state index contributed by atoms with van der Waals surface area (Å²) in [6.45, 7) is 22.9. The van der Waals surface area contributed by atoms with Crippen molar-refractivity contribution >= 4 is 6.79 Å². The Morgan fingerprint density at radius 1 is 1.00 bits per heavy atom. The molecule has 1 unspecified atom stereocenters. The van der Waals surface area contributed by atoms with Crippen molar-refractivity contribution in [3.63, 3.8) is 0 Å². The van der Waals surface area contributed by atoms with Gasteiger partial charge in [-0.05, 0) is 33.7 Å². The molecule has 0 saturated carbocycles. The Morgan fingerprint density at radius 3 is 1.57 bits per heavy atom. The molecule has 0 aliphatic rings. The van der Waals surface area contributed by atoms with Gasteiger partial charge in [-0.1, -0.05) is 41.0 Å². The fourth-order valence-corrected chi connectivity index (χ4v) is 1.33. The maximum atomic E-state index is 9.44. The molecule has 0 aromatic carbocycles. The van der Waals surface area contributed by atoms with Crippen LogP contribution in [0, 0.1) is 0 Å². The lowest BCUT2D eigenvalue weighted by atomic mass is 10.1. The highest BCUT2D eigenvalue weighted by atomic mass is 16.5. The Hall–Kier alpha value is -0.750. The van der Waals surface area contributed by atoms with Crippen molar-refractivity contribution in [2.45, 2.75) is 79.8 Å². The lowest BCUT2D eigenvalue weighted by Crippen LogP contribution is -2.34. The highest BCUT2D eigenvalue weighted by Crippen LogP contribution is 2.03. The molecule has 0 aromatic heterocycles. The van der Waals surface area contributed by atoms with E-state index in [9.17, 15) is 5.21 Å². The molecule has 0 fully saturated rings. The van der Waals surface area contributed by atoms with Gasteiger partial charge >= 0.3 is 0 Å². The number of aliphatic hydroxyl groups excluding tert-OH is 1. The zero-order chi connectivity index (χ0) is 20.3. The number of carbonyl (C=O) groups is 1. The van der Waals surface area contributed by atoms with Gasteiger partial charge in [0.1, 0.15) is 6.79 Å². The zero-order valence-electron chi connectivity index (χ0n) is 17.4. The van der Waals surface area contributed by atoms with Crippen LogP contribution in [0.1, 0.15) is 67.7 Å². The Kier molecular flexibility index (Phi) is 82.1. The summed E-state index contributed by atoms with van der Waals surface area (Å²) < 4.78 is 0. The molecule has 0 aliphatic carbocycles. The molecule has 146 valence electrons. The number of rotatable bonds is 7. The molecule has 0 heterocycles. The van der Waals surface area contributed by atoms with Gasteiger partial charge in [-0.15, -0.1) is 13.2 Å². The van der Waals surface area contributed by atoms with Crippen LogP contribution in [0.2, 0.25) is 0 Å². The minimum atomic E-state index is 0.221. The summed E-state index contributed by atoms with van der Waals surface area (Å²) in [7, 11) is 2.98. The molecule has 0 amide bonds. The molecular weight excluding hydrogens is 292 g/mol. The van der Waals surface area contributed by atoms with Crippen LogP contribution in [0.4, 0.5) is 0 Å². The first-order valence-electron chi connectivity index (χ1n) is 8.48. The molecule has 5 nitrogen and oxygen atoms in total. The molecule has 3 N–H and O–H groups in total. The van der Waals surface area contributed by atoms with Crippen molar-refractivity contribution < 1.29 is 15.1 Å². The lowest BCUT2D eigenvalue weighted by Gasteiger charge is -2.22. The van der Waals surface area contributed by atoms with E-state index in [1.807, 2.05) is 55.4 Å². The topological polar surface area (TPSA) is 72.8 Å². The Bertz CT molecular complexity index is 146. The van der Waals surface area contributed by atoms with Crippen molar-refractivity contribution in [3.8, 4) is 0 Å². The van der Waals surface area contributed by atoms with Gasteiger partial charge in [0.25, 0.3) is 0 Å². The maximum Gasteiger partial charge on any atom is 0.106 e. The summed E-state index contributed by atoms with van der Waals surface area (Å²) in [4.78, 5) is 8.00. The molecule has 0 rings (SSSR count). The number of nitrogens with one attached hydrogen (secondary N) is 1. The summed E-state index contributed by atoms with van der Waals surface area (Å²) in [6.07, 6.45) is 3.39. The van der Waals surface area contributed by atoms with Crippen LogP contribution in [0.3, 0.4) is 0 Å². The summed E-state index contributed by atoms with van der Waals surface area (Å²) >= 11 is 0. The zero-order valence-corrected chi connectivity index (χ0v) is 17.4. The monoisotopic (exact) mass is 338 g/mol. The summed E-state index contributed by atoms with van der Waals surface area (Å²) in [6, 6.07) is 0.762. The second-order valence-electron chi connectivity index (χ2n) is 3.82. The van der Waals surface area contributed by atoms with Gasteiger partial charge in [-0.3, -0.25) is 0 Å². The summed E-state index contributed by atoms with van der Waals surface area (Å²) in [5.74, 6) is 0. The van der Waals surface area contributed by atoms with Crippen molar-refractivity contribution in [1.82, 2.24) is 10.4 Å². The number of carbonyl (C=O) groups excluding carboxylic acids is 1. The minimum Gasteiger partial charge on any atom is -0.400 e. The second kappa shape index (κ2) is 49.6. The number of hydrogen-bond acceptors (Lipinski definition) is 5. The van der Waals surface area contributed by atoms with E-state index in [1.54, 1.807) is 0 Å². The van der Waals surface area contributed by atoms with Crippen LogP contribution >= 0.6 is 0 Å². The van der Waals surface area contributed by atoms with E-state index in [0.29, 0.717) is 6.04 Å². The van der Waals surface area contributed by atoms with E-state index in [0.717, 1.165) is 20.1 Å². The number of aliphatic hydroxyl groups is 1. The van der Waals surface area contributed by atoms with E-state index in [1.165, 1.54) is 17.9 Å². The smallest absolute Gasteiger partial charge is 0.106 e. The van der Waals surface area contributed by atoms with E-state index in [2.05, 4.69) is 25.4 Å². The van der Waals surface area contributed by atoms with Gasteiger partial charge in [0.15, 0.2) is 0 Å². The molecular formula is C18H46N2O3. The van der Waals surface area contributed by atoms with Crippen molar-refractivity contribution in [2.24, 2.45) is 0 Å². The maximum absolute atomic E-state index is 9.44. The lowest BCUT2D eigenvalue weighted by molar-refractivity contribution is -0.118. The molecule has 0 aromatic rings. The van der Waals surface area contributed by atoms with Crippen LogP contribution in [0.5, 0.6) is 0 Å². The Labute approximate surface area is 146 Å². The predicted octanol–water partition coefficient (Wildman–Crippen LogP) is 4.14. The van der Waals surface area contributed by atoms with Gasteiger partial charge in [0.2, 0.25) is 0 Å². The first-order chi connectivity index (χ1) is 11.1. The van der Waals surface area contributed by atoms with Crippen LogP contribution in [0.25, 0.3) is 0 Å². The minimum absolute atomic E-state index is 0.221. The van der Waals surface area contributed by atoms with Crippen LogP contribution in [0.15, 0.2) is 13.2 Å². The summed E-state index contributed by atoms with van der Waals surface area (Å²) in [5.41, 5.74) is 0. The molecule has 0 bridgehead atoms. The van der Waals surface area contributed by atoms with Crippen molar-refractivity contribution in [2.75, 3.05) is 20.7 Å². The van der Waals surface area contributed by atoms with Gasteiger partial charge in [0.05, 0.1) is 0 Å². The average Bonchev–Trinajstić information content (AvgIpc) is 2.66. The summed E-state index contributed by atoms with van der Waals surface area (Å²) in [5, 5.41) is 21.1. The van der Waals surface area contributed by atoms with E-state index in [-0.39, 0.29) is 6.04 Å². The van der Waals surface area contributed by atoms with Gasteiger partial charge in [0, 0.05) is 25.7 Å². The number of nitrogens with zero attached hydrogens (tertiary/aromatic N) is 1. The Morgan fingerprint density at radius 2 is 1.35 bits per heavy atom. The van der Waals surface area contributed by atoms with Crippen LogP contribution in [-0.4, -0.2) is 55.0 Å². The van der Waals surface area contributed by atoms with E-state index >= 15 is 0 Å². The van der Waals surface area contributed by atoms with Crippen LogP contribution in [-0.2, 0) is 4.79 Å². The predicted molar refractivity (Wildman–Crippen MR) is 105 cm³/mol. The average molecular weight is 339 g/mol. The molecule has 0 radical (unpaired) electrons. The molecule has 1 atom stereocenters. The standard InChI is InChI=1S/C10H24N2O.2C2H6.C2H4.CH4O.CH2O/c1-5-6-10(11-4)7-8-12(13)9(2)3;5*1-2/h9-11,13H,5-8H2,1-4H3;2*1-2H3;1-2H2;2H,1H3;1H2. The highest BCUT2D eigenvalue weighted by Gasteiger charge is 2.09. The third kappa shape index (κ3) is 44.9. The number of hydroxylamine groups is 2. The van der Waals surface area contributed by atoms with Gasteiger partial charge in [-0.2, -0.15) is 5.06 Å². The van der Waals surface area contributed by atoms with Gasteiger partial charge in [-0.25, -0.2) is 0 Å². The fraction of sp³-hybridized carbons (Fsp3) is 0.833. The number of hydrogen-bond donors (Lipinski definition) is 3. The van der Waals surface area contributed by atoms with Crippen LogP contribution < -0.4 is 5.32 Å². The first kappa shape index (κ1) is 38.0. The molecule has 5 heteroatoms. The molecule has 0 saturated heterocycles. The highest BCUT2D eigenvalue weighted by molar-refractivity contribution is 5.10. The van der Waals surface area contributed by atoms with Crippen molar-refractivity contribution in [3.05, 3.63) is 13.2 Å². The quantitative estimate of drug-likeness (QED) is 0.480.